The van der Waals surface area contributed by atoms with Crippen LogP contribution in [0.4, 0.5) is 5.69 Å². The zero-order valence-electron chi connectivity index (χ0n) is 17.4. The molecule has 0 bridgehead atoms. The molecule has 3 aromatic carbocycles. The Morgan fingerprint density at radius 1 is 0.844 bits per heavy atom. The zero-order chi connectivity index (χ0) is 23.3. The number of ketones is 1. The average molecular weight is 452 g/mol. The van der Waals surface area contributed by atoms with Crippen LogP contribution in [0.1, 0.15) is 39.3 Å². The largest absolute Gasteiger partial charge is 0.444 e. The van der Waals surface area contributed by atoms with Crippen LogP contribution in [0.5, 0.6) is 0 Å². The van der Waals surface area contributed by atoms with Crippen molar-refractivity contribution in [2.24, 2.45) is 0 Å². The number of amides is 1. The Kier molecular flexibility index (Phi) is 6.85. The highest BCUT2D eigenvalue weighted by Gasteiger charge is 2.26. The van der Waals surface area contributed by atoms with Crippen LogP contribution in [-0.2, 0) is 19.4 Å². The molecule has 0 aliphatic rings. The summed E-state index contributed by atoms with van der Waals surface area (Å²) in [4.78, 5) is 37.4. The van der Waals surface area contributed by atoms with Crippen molar-refractivity contribution in [2.45, 2.75) is 17.9 Å². The van der Waals surface area contributed by atoms with Gasteiger partial charge in [-0.2, -0.15) is 0 Å². The van der Waals surface area contributed by atoms with E-state index in [1.807, 2.05) is 0 Å². The number of anilines is 1. The molecule has 1 N–H and O–H groups in total. The van der Waals surface area contributed by atoms with Gasteiger partial charge < -0.3 is 10.1 Å². The Labute approximate surface area is 186 Å². The summed E-state index contributed by atoms with van der Waals surface area (Å²) in [6.07, 6.45) is -0.198. The summed E-state index contributed by atoms with van der Waals surface area (Å²) in [6.45, 7) is 1.42. The standard InChI is InChI=1S/C24H21NO6S/c1-16(26)19-9-6-10-20(15-19)25-23(27)22(17-7-4-3-5-8-17)31-24(28)18-11-13-21(14-12-18)32(2,29)30/h3-15,22H,1-2H3,(H,25,27). The van der Waals surface area contributed by atoms with Crippen molar-refractivity contribution in [1.82, 2.24) is 0 Å². The van der Waals surface area contributed by atoms with Gasteiger partial charge in [0.05, 0.1) is 10.5 Å². The van der Waals surface area contributed by atoms with Gasteiger partial charge in [-0.05, 0) is 43.3 Å². The van der Waals surface area contributed by atoms with E-state index in [1.165, 1.54) is 37.3 Å². The van der Waals surface area contributed by atoms with Crippen LogP contribution >= 0.6 is 0 Å². The fourth-order valence-corrected chi connectivity index (χ4v) is 3.57. The Morgan fingerprint density at radius 2 is 1.50 bits per heavy atom. The van der Waals surface area contributed by atoms with Crippen LogP contribution in [0.3, 0.4) is 0 Å². The molecule has 0 aromatic heterocycles. The number of Topliss-reactive ketones (excluding diaryl/α,β-unsaturated/α-hetero) is 1. The maximum atomic E-state index is 13.0. The van der Waals surface area contributed by atoms with E-state index in [9.17, 15) is 22.8 Å². The number of hydrogen-bond donors (Lipinski definition) is 1. The molecule has 0 saturated heterocycles. The van der Waals surface area contributed by atoms with E-state index >= 15 is 0 Å². The Balaban J connectivity index is 1.85. The van der Waals surface area contributed by atoms with Gasteiger partial charge in [-0.15, -0.1) is 0 Å². The molecule has 3 rings (SSSR count). The second kappa shape index (κ2) is 9.57. The number of nitrogens with one attached hydrogen (secondary N) is 1. The maximum absolute atomic E-state index is 13.0. The Bertz CT molecular complexity index is 1250. The van der Waals surface area contributed by atoms with Crippen LogP contribution < -0.4 is 5.32 Å². The van der Waals surface area contributed by atoms with Crippen molar-refractivity contribution in [2.75, 3.05) is 11.6 Å². The van der Waals surface area contributed by atoms with E-state index in [-0.39, 0.29) is 16.2 Å². The molecular weight excluding hydrogens is 430 g/mol. The zero-order valence-corrected chi connectivity index (χ0v) is 18.3. The lowest BCUT2D eigenvalue weighted by molar-refractivity contribution is -0.125. The molecule has 1 amide bonds. The molecule has 8 heteroatoms. The molecule has 32 heavy (non-hydrogen) atoms. The summed E-state index contributed by atoms with van der Waals surface area (Å²) >= 11 is 0. The number of esters is 1. The average Bonchev–Trinajstić information content (AvgIpc) is 2.77. The lowest BCUT2D eigenvalue weighted by Gasteiger charge is -2.18. The highest BCUT2D eigenvalue weighted by atomic mass is 32.2. The van der Waals surface area contributed by atoms with Crippen LogP contribution in [0.15, 0.2) is 83.8 Å². The monoisotopic (exact) mass is 451 g/mol. The van der Waals surface area contributed by atoms with E-state index in [4.69, 9.17) is 4.74 Å². The van der Waals surface area contributed by atoms with E-state index in [1.54, 1.807) is 48.5 Å². The molecule has 3 aromatic rings. The molecule has 1 unspecified atom stereocenters. The first-order valence-corrected chi connectivity index (χ1v) is 11.5. The number of hydrogen-bond acceptors (Lipinski definition) is 6. The molecule has 0 heterocycles. The van der Waals surface area contributed by atoms with Gasteiger partial charge in [-0.3, -0.25) is 9.59 Å². The SMILES string of the molecule is CC(=O)c1cccc(NC(=O)C(OC(=O)c2ccc(S(C)(=O)=O)cc2)c2ccccc2)c1. The minimum absolute atomic E-state index is 0.0664. The number of rotatable bonds is 7. The molecule has 164 valence electrons. The lowest BCUT2D eigenvalue weighted by atomic mass is 10.1. The highest BCUT2D eigenvalue weighted by molar-refractivity contribution is 7.90. The maximum Gasteiger partial charge on any atom is 0.339 e. The molecule has 7 nitrogen and oxygen atoms in total. The molecule has 0 saturated carbocycles. The van der Waals surface area contributed by atoms with E-state index in [0.717, 1.165) is 6.26 Å². The van der Waals surface area contributed by atoms with Crippen LogP contribution in [0, 0.1) is 0 Å². The number of sulfone groups is 1. The molecule has 0 fully saturated rings. The fraction of sp³-hybridized carbons (Fsp3) is 0.125. The Morgan fingerprint density at radius 3 is 2.09 bits per heavy atom. The molecular formula is C24H21NO6S. The first-order chi connectivity index (χ1) is 15.1. The second-order valence-electron chi connectivity index (χ2n) is 7.12. The van der Waals surface area contributed by atoms with Crippen LogP contribution in [0.25, 0.3) is 0 Å². The molecule has 0 aliphatic carbocycles. The minimum Gasteiger partial charge on any atom is -0.444 e. The van der Waals surface area contributed by atoms with E-state index in [0.29, 0.717) is 16.8 Å². The normalized spacial score (nSPS) is 11.9. The summed E-state index contributed by atoms with van der Waals surface area (Å²) in [6, 6.07) is 20.2. The van der Waals surface area contributed by atoms with Crippen molar-refractivity contribution in [3.63, 3.8) is 0 Å². The third-order valence-corrected chi connectivity index (χ3v) is 5.75. The summed E-state index contributed by atoms with van der Waals surface area (Å²) < 4.78 is 28.7. The van der Waals surface area contributed by atoms with E-state index < -0.39 is 27.8 Å². The predicted molar refractivity (Wildman–Crippen MR) is 119 cm³/mol. The molecule has 0 aliphatic heterocycles. The van der Waals surface area contributed by atoms with E-state index in [2.05, 4.69) is 5.32 Å². The van der Waals surface area contributed by atoms with Crippen LogP contribution in [-0.4, -0.2) is 32.3 Å². The minimum atomic E-state index is -3.41. The number of carbonyl (C=O) groups is 3. The third kappa shape index (κ3) is 5.67. The van der Waals surface area contributed by atoms with Crippen molar-refractivity contribution in [1.29, 1.82) is 0 Å². The summed E-state index contributed by atoms with van der Waals surface area (Å²) in [5.74, 6) is -1.53. The smallest absolute Gasteiger partial charge is 0.339 e. The van der Waals surface area contributed by atoms with Crippen molar-refractivity contribution in [3.05, 3.63) is 95.6 Å². The first-order valence-electron chi connectivity index (χ1n) is 9.63. The van der Waals surface area contributed by atoms with Gasteiger partial charge >= 0.3 is 5.97 Å². The van der Waals surface area contributed by atoms with Gasteiger partial charge in [-0.1, -0.05) is 42.5 Å². The van der Waals surface area contributed by atoms with Gasteiger partial charge in [0.15, 0.2) is 15.6 Å². The summed E-state index contributed by atoms with van der Waals surface area (Å²) in [5.41, 5.74) is 1.37. The molecule has 0 radical (unpaired) electrons. The first kappa shape index (κ1) is 22.9. The summed E-state index contributed by atoms with van der Waals surface area (Å²) in [7, 11) is -3.41. The third-order valence-electron chi connectivity index (χ3n) is 4.62. The quantitative estimate of drug-likeness (QED) is 0.432. The Hall–Kier alpha value is -3.78. The predicted octanol–water partition coefficient (Wildman–Crippen LogP) is 3.83. The number of benzene rings is 3. The fourth-order valence-electron chi connectivity index (χ4n) is 2.94. The molecule has 1 atom stereocenters. The summed E-state index contributed by atoms with van der Waals surface area (Å²) in [5, 5.41) is 2.67. The number of carbonyl (C=O) groups excluding carboxylic acids is 3. The topological polar surface area (TPSA) is 107 Å². The van der Waals surface area contributed by atoms with Crippen molar-refractivity contribution >= 4 is 33.2 Å². The van der Waals surface area contributed by atoms with Gasteiger partial charge in [0, 0.05) is 23.1 Å². The lowest BCUT2D eigenvalue weighted by Crippen LogP contribution is -2.26. The van der Waals surface area contributed by atoms with Gasteiger partial charge in [-0.25, -0.2) is 13.2 Å². The second-order valence-corrected chi connectivity index (χ2v) is 9.13. The van der Waals surface area contributed by atoms with Crippen LogP contribution in [0.2, 0.25) is 0 Å². The van der Waals surface area contributed by atoms with Gasteiger partial charge in [0.1, 0.15) is 0 Å². The van der Waals surface area contributed by atoms with Gasteiger partial charge in [0.25, 0.3) is 5.91 Å². The number of ether oxygens (including phenoxy) is 1. The highest BCUT2D eigenvalue weighted by Crippen LogP contribution is 2.23. The van der Waals surface area contributed by atoms with Gasteiger partial charge in [0.2, 0.25) is 6.10 Å². The van der Waals surface area contributed by atoms with Crippen molar-refractivity contribution in [3.8, 4) is 0 Å². The van der Waals surface area contributed by atoms with Crippen molar-refractivity contribution < 1.29 is 27.5 Å². The molecule has 0 spiro atoms.